The summed E-state index contributed by atoms with van der Waals surface area (Å²) in [6.45, 7) is 4.67. The van der Waals surface area contributed by atoms with Crippen molar-refractivity contribution in [3.8, 4) is 0 Å². The molecule has 4 nitrogen and oxygen atoms in total. The molecular formula is C13H21N3OS. The highest BCUT2D eigenvalue weighted by Gasteiger charge is 2.29. The van der Waals surface area contributed by atoms with Crippen LogP contribution in [0.5, 0.6) is 0 Å². The molecule has 1 aliphatic heterocycles. The molecule has 2 atom stereocenters. The van der Waals surface area contributed by atoms with E-state index in [9.17, 15) is 4.79 Å². The van der Waals surface area contributed by atoms with Crippen LogP contribution in [0, 0.1) is 0 Å². The Kier molecular flexibility index (Phi) is 4.37. The van der Waals surface area contributed by atoms with Crippen LogP contribution in [0.25, 0.3) is 0 Å². The minimum atomic E-state index is -0.495. The molecule has 0 spiro atoms. The van der Waals surface area contributed by atoms with Crippen molar-refractivity contribution in [2.75, 3.05) is 26.7 Å². The van der Waals surface area contributed by atoms with Crippen LogP contribution in [0.1, 0.15) is 24.3 Å². The van der Waals surface area contributed by atoms with Crippen molar-refractivity contribution < 1.29 is 4.79 Å². The molecule has 0 aliphatic carbocycles. The Bertz CT molecular complexity index is 393. The monoisotopic (exact) mass is 267 g/mol. The van der Waals surface area contributed by atoms with Gasteiger partial charge in [0.25, 0.3) is 0 Å². The lowest BCUT2D eigenvalue weighted by Crippen LogP contribution is -2.54. The van der Waals surface area contributed by atoms with Gasteiger partial charge in [-0.1, -0.05) is 13.0 Å². The maximum atomic E-state index is 12.4. The van der Waals surface area contributed by atoms with E-state index in [1.807, 2.05) is 22.4 Å². The molecule has 1 saturated heterocycles. The van der Waals surface area contributed by atoms with Gasteiger partial charge in [-0.25, -0.2) is 0 Å². The SMILES string of the molecule is CCC1CN(C(=O)C(N)c2cccs2)CCN1C. The second-order valence-corrected chi connectivity index (χ2v) is 5.80. The van der Waals surface area contributed by atoms with Crippen LogP contribution in [-0.4, -0.2) is 48.4 Å². The van der Waals surface area contributed by atoms with Gasteiger partial charge in [-0.05, 0) is 24.9 Å². The summed E-state index contributed by atoms with van der Waals surface area (Å²) in [6.07, 6.45) is 1.06. The van der Waals surface area contributed by atoms with Crippen molar-refractivity contribution in [2.24, 2.45) is 5.73 Å². The van der Waals surface area contributed by atoms with E-state index in [1.54, 1.807) is 11.3 Å². The number of carbonyl (C=O) groups is 1. The molecule has 1 fully saturated rings. The summed E-state index contributed by atoms with van der Waals surface area (Å²) < 4.78 is 0. The molecule has 2 rings (SSSR count). The average Bonchev–Trinajstić information content (AvgIpc) is 2.91. The molecule has 1 aromatic rings. The summed E-state index contributed by atoms with van der Waals surface area (Å²) in [7, 11) is 2.12. The Balaban J connectivity index is 2.01. The highest BCUT2D eigenvalue weighted by molar-refractivity contribution is 7.10. The first-order valence-electron chi connectivity index (χ1n) is 6.41. The van der Waals surface area contributed by atoms with Crippen molar-refractivity contribution >= 4 is 17.2 Å². The summed E-state index contributed by atoms with van der Waals surface area (Å²) in [5, 5.41) is 1.96. The zero-order valence-electron chi connectivity index (χ0n) is 11.0. The minimum absolute atomic E-state index is 0.0593. The predicted octanol–water partition coefficient (Wildman–Crippen LogP) is 1.30. The molecule has 18 heavy (non-hydrogen) atoms. The Morgan fingerprint density at radius 3 is 3.00 bits per heavy atom. The maximum Gasteiger partial charge on any atom is 0.245 e. The molecule has 1 amide bonds. The second kappa shape index (κ2) is 5.82. The molecule has 2 unspecified atom stereocenters. The quantitative estimate of drug-likeness (QED) is 0.898. The van der Waals surface area contributed by atoms with Gasteiger partial charge in [0, 0.05) is 30.6 Å². The van der Waals surface area contributed by atoms with Crippen LogP contribution >= 0.6 is 11.3 Å². The lowest BCUT2D eigenvalue weighted by Gasteiger charge is -2.39. The van der Waals surface area contributed by atoms with Crippen LogP contribution in [0.2, 0.25) is 0 Å². The molecule has 0 saturated carbocycles. The molecule has 1 aromatic heterocycles. The van der Waals surface area contributed by atoms with Gasteiger partial charge in [0.05, 0.1) is 0 Å². The minimum Gasteiger partial charge on any atom is -0.338 e. The van der Waals surface area contributed by atoms with Crippen LogP contribution in [0.3, 0.4) is 0 Å². The lowest BCUT2D eigenvalue weighted by molar-refractivity contribution is -0.135. The zero-order chi connectivity index (χ0) is 13.1. The predicted molar refractivity (Wildman–Crippen MR) is 74.5 cm³/mol. The van der Waals surface area contributed by atoms with Crippen LogP contribution in [-0.2, 0) is 4.79 Å². The van der Waals surface area contributed by atoms with E-state index >= 15 is 0 Å². The topological polar surface area (TPSA) is 49.6 Å². The van der Waals surface area contributed by atoms with Crippen molar-refractivity contribution in [3.63, 3.8) is 0 Å². The largest absolute Gasteiger partial charge is 0.338 e. The average molecular weight is 267 g/mol. The molecule has 100 valence electrons. The number of hydrogen-bond acceptors (Lipinski definition) is 4. The first-order chi connectivity index (χ1) is 8.63. The first kappa shape index (κ1) is 13.5. The number of amides is 1. The van der Waals surface area contributed by atoms with Gasteiger partial charge in [-0.2, -0.15) is 0 Å². The van der Waals surface area contributed by atoms with Crippen molar-refractivity contribution in [2.45, 2.75) is 25.4 Å². The van der Waals surface area contributed by atoms with Gasteiger partial charge in [0.15, 0.2) is 0 Å². The number of nitrogens with zero attached hydrogens (tertiary/aromatic N) is 2. The molecule has 2 N–H and O–H groups in total. The van der Waals surface area contributed by atoms with Crippen molar-refractivity contribution in [1.29, 1.82) is 0 Å². The fourth-order valence-corrected chi connectivity index (χ4v) is 3.09. The summed E-state index contributed by atoms with van der Waals surface area (Å²) >= 11 is 1.55. The van der Waals surface area contributed by atoms with E-state index in [0.717, 1.165) is 30.9 Å². The number of carbonyl (C=O) groups excluding carboxylic acids is 1. The first-order valence-corrected chi connectivity index (χ1v) is 7.29. The molecular weight excluding hydrogens is 246 g/mol. The van der Waals surface area contributed by atoms with Gasteiger partial charge >= 0.3 is 0 Å². The summed E-state index contributed by atoms with van der Waals surface area (Å²) in [5.74, 6) is 0.0593. The third-order valence-electron chi connectivity index (χ3n) is 3.68. The number of hydrogen-bond donors (Lipinski definition) is 1. The zero-order valence-corrected chi connectivity index (χ0v) is 11.8. The van der Waals surface area contributed by atoms with Gasteiger partial charge in [0.1, 0.15) is 6.04 Å². The Hall–Kier alpha value is -0.910. The third kappa shape index (κ3) is 2.74. The number of thiophene rings is 1. The van der Waals surface area contributed by atoms with Crippen LogP contribution in [0.4, 0.5) is 0 Å². The molecule has 5 heteroatoms. The number of likely N-dealkylation sites (N-methyl/N-ethyl adjacent to an activating group) is 1. The maximum absolute atomic E-state index is 12.4. The van der Waals surface area contributed by atoms with E-state index in [2.05, 4.69) is 18.9 Å². The Morgan fingerprint density at radius 1 is 1.61 bits per heavy atom. The third-order valence-corrected chi connectivity index (χ3v) is 4.63. The van der Waals surface area contributed by atoms with Gasteiger partial charge in [0.2, 0.25) is 5.91 Å². The molecule has 0 aromatic carbocycles. The normalized spacial score (nSPS) is 23.1. The highest BCUT2D eigenvalue weighted by atomic mass is 32.1. The molecule has 1 aliphatic rings. The summed E-state index contributed by atoms with van der Waals surface area (Å²) in [5.41, 5.74) is 6.04. The fraction of sp³-hybridized carbons (Fsp3) is 0.615. The van der Waals surface area contributed by atoms with E-state index in [4.69, 9.17) is 5.73 Å². The summed E-state index contributed by atoms with van der Waals surface area (Å²) in [4.78, 5) is 17.5. The number of nitrogens with two attached hydrogens (primary N) is 1. The lowest BCUT2D eigenvalue weighted by atomic mass is 10.1. The van der Waals surface area contributed by atoms with Crippen molar-refractivity contribution in [1.82, 2.24) is 9.80 Å². The fourth-order valence-electron chi connectivity index (χ4n) is 2.37. The Labute approximate surface area is 112 Å². The van der Waals surface area contributed by atoms with E-state index < -0.39 is 6.04 Å². The van der Waals surface area contributed by atoms with Crippen LogP contribution in [0.15, 0.2) is 17.5 Å². The van der Waals surface area contributed by atoms with Gasteiger partial charge < -0.3 is 10.6 Å². The van der Waals surface area contributed by atoms with Gasteiger partial charge in [-0.3, -0.25) is 9.69 Å². The Morgan fingerprint density at radius 2 is 2.39 bits per heavy atom. The number of piperazine rings is 1. The van der Waals surface area contributed by atoms with E-state index in [-0.39, 0.29) is 5.91 Å². The molecule has 0 bridgehead atoms. The van der Waals surface area contributed by atoms with Crippen LogP contribution < -0.4 is 5.73 Å². The van der Waals surface area contributed by atoms with Crippen molar-refractivity contribution in [3.05, 3.63) is 22.4 Å². The molecule has 2 heterocycles. The highest BCUT2D eigenvalue weighted by Crippen LogP contribution is 2.20. The van der Waals surface area contributed by atoms with E-state index in [0.29, 0.717) is 6.04 Å². The van der Waals surface area contributed by atoms with Gasteiger partial charge in [-0.15, -0.1) is 11.3 Å². The second-order valence-electron chi connectivity index (χ2n) is 4.82. The smallest absolute Gasteiger partial charge is 0.245 e. The molecule has 0 radical (unpaired) electrons. The standard InChI is InChI=1S/C13H21N3OS/c1-3-10-9-16(7-6-15(10)2)13(17)12(14)11-5-4-8-18-11/h4-5,8,10,12H,3,6-7,9,14H2,1-2H3. The summed E-state index contributed by atoms with van der Waals surface area (Å²) in [6, 6.07) is 3.83. The number of rotatable bonds is 3. The van der Waals surface area contributed by atoms with E-state index in [1.165, 1.54) is 0 Å².